The minimum absolute atomic E-state index is 0.942. The first kappa shape index (κ1) is 59.3. The number of pyridine rings is 3. The van der Waals surface area contributed by atoms with Gasteiger partial charge in [-0.05, 0) is 163 Å². The summed E-state index contributed by atoms with van der Waals surface area (Å²) in [5.74, 6) is 0. The van der Waals surface area contributed by atoms with E-state index in [-0.39, 0.29) is 0 Å². The van der Waals surface area contributed by atoms with Gasteiger partial charge < -0.3 is 0 Å². The summed E-state index contributed by atoms with van der Waals surface area (Å²) < 4.78 is 0. The average Bonchev–Trinajstić information content (AvgIpc) is 0.824. The first-order valence-electron chi connectivity index (χ1n) is 31.5. The molecule has 0 saturated carbocycles. The zero-order valence-electron chi connectivity index (χ0n) is 53.9. The smallest absolute Gasteiger partial charge is 0.139 e. The van der Waals surface area contributed by atoms with Crippen LogP contribution in [0.1, 0.15) is 11.1 Å². The van der Waals surface area contributed by atoms with E-state index in [0.29, 0.717) is 0 Å². The molecule has 0 amide bonds. The van der Waals surface area contributed by atoms with E-state index in [2.05, 4.69) is 317 Å². The Morgan fingerprint density at radius 2 is 0.533 bits per heavy atom. The van der Waals surface area contributed by atoms with Gasteiger partial charge in [-0.25, -0.2) is 0 Å². The normalized spacial score (nSPS) is 11.2. The van der Waals surface area contributed by atoms with Crippen molar-refractivity contribution in [3.8, 4) is 134 Å². The SMILES string of the molecule is Bc1c(B)c(B)c(-c2cnc(-c3ccc(-c4ccccc4-c4cc(-c5ccccc5-c5ccc(-c6cc(C)c(-c7c(B)c(B)c(B)c(B)c7B)cn6)cc5)cc(-c5ccccc5-c5ccc(-c6ccccn6)cc5-c5ccccc5)c4)cc3)cc2C)c(B)c1B. The van der Waals surface area contributed by atoms with E-state index in [4.69, 9.17) is 15.0 Å². The Hall–Kier alpha value is -9.70. The highest BCUT2D eigenvalue weighted by Gasteiger charge is 2.22. The van der Waals surface area contributed by atoms with E-state index in [1.165, 1.54) is 88.0 Å². The molecule has 0 spiro atoms. The van der Waals surface area contributed by atoms with Crippen LogP contribution in [0.3, 0.4) is 0 Å². The summed E-state index contributed by atoms with van der Waals surface area (Å²) in [6.07, 6.45) is 6.03. The number of rotatable bonds is 12. The Morgan fingerprint density at radius 1 is 0.211 bits per heavy atom. The van der Waals surface area contributed by atoms with Crippen molar-refractivity contribution in [1.82, 2.24) is 15.0 Å². The van der Waals surface area contributed by atoms with Crippen molar-refractivity contribution in [3.05, 3.63) is 248 Å². The highest BCUT2D eigenvalue weighted by Crippen LogP contribution is 2.45. The topological polar surface area (TPSA) is 38.7 Å². The van der Waals surface area contributed by atoms with Crippen molar-refractivity contribution in [2.24, 2.45) is 0 Å². The van der Waals surface area contributed by atoms with Crippen LogP contribution >= 0.6 is 0 Å². The molecule has 0 aliphatic heterocycles. The predicted octanol–water partition coefficient (Wildman–Crippen LogP) is 3.08. The lowest BCUT2D eigenvalue weighted by Gasteiger charge is -2.21. The summed E-state index contributed by atoms with van der Waals surface area (Å²) in [7, 11) is 22.5. The average molecular weight is 1140 g/mol. The third kappa shape index (κ3) is 11.0. The van der Waals surface area contributed by atoms with Gasteiger partial charge in [0.1, 0.15) is 78.5 Å². The second-order valence-electron chi connectivity index (χ2n) is 24.7. The number of aryl methyl sites for hydroxylation is 2. The third-order valence-corrected chi connectivity index (χ3v) is 19.7. The molecule has 3 heterocycles. The Kier molecular flexibility index (Phi) is 16.3. The Morgan fingerprint density at radius 3 is 0.933 bits per heavy atom. The van der Waals surface area contributed by atoms with Crippen LogP contribution in [0.2, 0.25) is 0 Å². The maximum absolute atomic E-state index is 5.13. The predicted molar refractivity (Wildman–Crippen MR) is 416 cm³/mol. The Bertz CT molecular complexity index is 4680. The molecule has 0 saturated heterocycles. The molecule has 13 heteroatoms. The number of hydrogen-bond donors (Lipinski definition) is 0. The fraction of sp³-hybridized carbons (Fsp3) is 0.0260. The lowest BCUT2D eigenvalue weighted by atomic mass is 9.59. The van der Waals surface area contributed by atoms with E-state index in [9.17, 15) is 0 Å². The zero-order chi connectivity index (χ0) is 62.5. The van der Waals surface area contributed by atoms with E-state index >= 15 is 0 Å². The highest BCUT2D eigenvalue weighted by atomic mass is 14.7. The van der Waals surface area contributed by atoms with E-state index < -0.39 is 0 Å². The molecule has 13 rings (SSSR count). The lowest BCUT2D eigenvalue weighted by molar-refractivity contribution is 1.29. The molecule has 0 radical (unpaired) electrons. The number of aromatic nitrogens is 3. The van der Waals surface area contributed by atoms with Crippen LogP contribution in [0.4, 0.5) is 0 Å². The summed E-state index contributed by atoms with van der Waals surface area (Å²) in [5.41, 5.74) is 43.1. The standard InChI is InChI=1S/C77H65B10N3/c1-42-34-64(89-40-61(42)66-68(78)72(82)76(86)73(83)69(66)79)47-27-23-45(24-28-47)53-16-6-8-18-55(53)50-36-51(38-52(37-50)57-20-10-11-21-58(57)59-32-31-49(63-22-12-13-33-88-63)39-60(59)44-14-4-3-5-15-44)56-19-9-7-17-54(56)46-25-29-48(30-26-46)65-35-43(2)62(41-90-65)67-70(80)74(84)77(87)75(85)71(67)81/h3-41H,78-87H2,1-2H3. The van der Waals surface area contributed by atoms with E-state index in [1.54, 1.807) is 0 Å². The number of hydrogen-bond acceptors (Lipinski definition) is 3. The molecule has 13 aromatic rings. The summed E-state index contributed by atoms with van der Waals surface area (Å²) in [5, 5.41) is 0. The maximum Gasteiger partial charge on any atom is 0.139 e. The summed E-state index contributed by atoms with van der Waals surface area (Å²) in [6, 6.07) is 80.0. The molecule has 90 heavy (non-hydrogen) atoms. The Labute approximate surface area is 540 Å². The Balaban J connectivity index is 0.920. The molecule has 3 nitrogen and oxygen atoms in total. The van der Waals surface area contributed by atoms with Crippen molar-refractivity contribution < 1.29 is 0 Å². The van der Waals surface area contributed by atoms with Gasteiger partial charge in [0.15, 0.2) is 0 Å². The van der Waals surface area contributed by atoms with E-state index in [1.807, 2.05) is 12.3 Å². The molecule has 0 N–H and O–H groups in total. The molecule has 3 aromatic heterocycles. The molecular weight excluding hydrogens is 1070 g/mol. The van der Waals surface area contributed by atoms with Gasteiger partial charge in [0.2, 0.25) is 0 Å². The van der Waals surface area contributed by atoms with Crippen molar-refractivity contribution in [3.63, 3.8) is 0 Å². The molecule has 0 fully saturated rings. The summed E-state index contributed by atoms with van der Waals surface area (Å²) >= 11 is 0. The molecule has 10 aromatic carbocycles. The van der Waals surface area contributed by atoms with Gasteiger partial charge in [-0.2, -0.15) is 0 Å². The molecular formula is C77H65B10N3. The maximum atomic E-state index is 5.13. The second-order valence-corrected chi connectivity index (χ2v) is 24.7. The van der Waals surface area contributed by atoms with Crippen LogP contribution in [-0.4, -0.2) is 93.4 Å². The third-order valence-electron chi connectivity index (χ3n) is 19.7. The fourth-order valence-corrected chi connectivity index (χ4v) is 13.8. The quantitative estimate of drug-likeness (QED) is 0.177. The van der Waals surface area contributed by atoms with Crippen LogP contribution in [0.5, 0.6) is 0 Å². The fourth-order valence-electron chi connectivity index (χ4n) is 13.8. The van der Waals surface area contributed by atoms with Crippen LogP contribution in [0.25, 0.3) is 134 Å². The van der Waals surface area contributed by atoms with Crippen molar-refractivity contribution in [2.45, 2.75) is 13.8 Å². The zero-order valence-corrected chi connectivity index (χ0v) is 53.9. The van der Waals surface area contributed by atoms with Gasteiger partial charge in [-0.1, -0.05) is 192 Å². The van der Waals surface area contributed by atoms with E-state index in [0.717, 1.165) is 112 Å². The van der Waals surface area contributed by atoms with Gasteiger partial charge in [-0.15, -0.1) is 32.8 Å². The lowest BCUT2D eigenvalue weighted by Crippen LogP contribution is -2.55. The summed E-state index contributed by atoms with van der Waals surface area (Å²) in [6.45, 7) is 4.44. The van der Waals surface area contributed by atoms with Crippen LogP contribution in [0.15, 0.2) is 237 Å². The number of nitrogens with zero attached hydrogens (tertiary/aromatic N) is 3. The largest absolute Gasteiger partial charge is 0.256 e. The second kappa shape index (κ2) is 24.7. The van der Waals surface area contributed by atoms with Gasteiger partial charge in [0.05, 0.1) is 17.1 Å². The van der Waals surface area contributed by atoms with Gasteiger partial charge >= 0.3 is 0 Å². The van der Waals surface area contributed by atoms with Crippen LogP contribution in [-0.2, 0) is 0 Å². The minimum Gasteiger partial charge on any atom is -0.256 e. The minimum atomic E-state index is 0.942. The molecule has 0 atom stereocenters. The first-order chi connectivity index (χ1) is 43.6. The number of benzene rings is 10. The molecule has 0 aliphatic rings. The van der Waals surface area contributed by atoms with Crippen molar-refractivity contribution in [1.29, 1.82) is 0 Å². The molecule has 0 aliphatic carbocycles. The van der Waals surface area contributed by atoms with Gasteiger partial charge in [-0.3, -0.25) is 15.0 Å². The van der Waals surface area contributed by atoms with Crippen molar-refractivity contribution in [2.75, 3.05) is 0 Å². The monoisotopic (exact) mass is 1140 g/mol. The van der Waals surface area contributed by atoms with Crippen LogP contribution in [0, 0.1) is 13.8 Å². The summed E-state index contributed by atoms with van der Waals surface area (Å²) in [4.78, 5) is 15.0. The molecule has 0 bridgehead atoms. The van der Waals surface area contributed by atoms with Crippen molar-refractivity contribution >= 4 is 133 Å². The molecule has 418 valence electrons. The van der Waals surface area contributed by atoms with Gasteiger partial charge in [0.25, 0.3) is 0 Å². The first-order valence-corrected chi connectivity index (χ1v) is 31.5. The highest BCUT2D eigenvalue weighted by molar-refractivity contribution is 6.70. The van der Waals surface area contributed by atoms with Crippen LogP contribution < -0.4 is 54.6 Å². The van der Waals surface area contributed by atoms with Gasteiger partial charge in [0, 0.05) is 46.4 Å². The molecule has 0 unspecified atom stereocenters.